The van der Waals surface area contributed by atoms with Gasteiger partial charge in [0, 0.05) is 0 Å². The predicted octanol–water partition coefficient (Wildman–Crippen LogP) is 2.65. The third-order valence-corrected chi connectivity index (χ3v) is 1.54. The lowest BCUT2D eigenvalue weighted by Crippen LogP contribution is -1.75. The van der Waals surface area contributed by atoms with Crippen LogP contribution >= 0.6 is 22.4 Å². The summed E-state index contributed by atoms with van der Waals surface area (Å²) in [6.45, 7) is 2.23. The quantitative estimate of drug-likeness (QED) is 0.379. The molecule has 0 aliphatic rings. The average molecular weight is 209 g/mol. The Kier molecular flexibility index (Phi) is 7.57. The van der Waals surface area contributed by atoms with Gasteiger partial charge in [0.05, 0.1) is 0 Å². The summed E-state index contributed by atoms with van der Waals surface area (Å²) in [5.74, 6) is 0. The highest BCUT2D eigenvalue weighted by Crippen LogP contribution is 1.99. The highest BCUT2D eigenvalue weighted by atomic mass is 127. The molecule has 0 nitrogen and oxygen atoms in total. The van der Waals surface area contributed by atoms with Gasteiger partial charge in [-0.2, -0.15) is 22.4 Å². The molecule has 0 saturated heterocycles. The largest absolute Gasteiger partial charge is 0.200 e. The molecule has 0 aromatic rings. The normalized spacial score (nSPS) is 8.86. The minimum absolute atomic E-state index is 1.29. The molecule has 0 atom stereocenters. The summed E-state index contributed by atoms with van der Waals surface area (Å²) in [6, 6.07) is 0. The Bertz CT molecular complexity index is 27.3. The molecule has 0 amide bonds. The Labute approximate surface area is 60.2 Å². The van der Waals surface area contributed by atoms with Gasteiger partial charge in [0.2, 0.25) is 0 Å². The second-order valence-corrected chi connectivity index (χ2v) is 2.53. The van der Waals surface area contributed by atoms with Gasteiger partial charge in [-0.3, -0.25) is 0 Å². The van der Waals surface area contributed by atoms with E-state index in [2.05, 4.69) is 34.4 Å². The van der Waals surface area contributed by atoms with Crippen molar-refractivity contribution in [2.75, 3.05) is 0 Å². The Morgan fingerprint density at radius 1 is 1.43 bits per heavy atom. The Morgan fingerprint density at radius 2 is 2.14 bits per heavy atom. The second kappa shape index (κ2) is 6.79. The van der Waals surface area contributed by atoms with Crippen molar-refractivity contribution >= 4 is 27.5 Å². The van der Waals surface area contributed by atoms with Gasteiger partial charge in [0.25, 0.3) is 0 Å². The standard InChI is InChI=1S/C5H11BI/c1-2-3-4-5-6-7/h2-5H2,1H3. The molecular weight excluding hydrogens is 198 g/mol. The summed E-state index contributed by atoms with van der Waals surface area (Å²) in [7, 11) is 0. The molecule has 0 aromatic heterocycles. The van der Waals surface area contributed by atoms with Gasteiger partial charge in [-0.05, 0) is 0 Å². The van der Waals surface area contributed by atoms with E-state index >= 15 is 0 Å². The molecule has 0 aromatic carbocycles. The van der Waals surface area contributed by atoms with Crippen LogP contribution in [0.25, 0.3) is 0 Å². The molecule has 1 radical (unpaired) electrons. The van der Waals surface area contributed by atoms with E-state index in [1.165, 1.54) is 25.6 Å². The van der Waals surface area contributed by atoms with Gasteiger partial charge in [-0.15, -0.1) is 0 Å². The molecule has 0 aliphatic heterocycles. The minimum Gasteiger partial charge on any atom is -0.159 e. The first-order valence-electron chi connectivity index (χ1n) is 2.83. The van der Waals surface area contributed by atoms with E-state index in [9.17, 15) is 0 Å². The van der Waals surface area contributed by atoms with Crippen LogP contribution in [0.1, 0.15) is 26.2 Å². The Balaban J connectivity index is 2.45. The summed E-state index contributed by atoms with van der Waals surface area (Å²) in [5.41, 5.74) is 0. The van der Waals surface area contributed by atoms with E-state index < -0.39 is 0 Å². The van der Waals surface area contributed by atoms with E-state index in [0.717, 1.165) is 0 Å². The summed E-state index contributed by atoms with van der Waals surface area (Å²) >= 11 is 2.30. The molecule has 0 bridgehead atoms. The van der Waals surface area contributed by atoms with E-state index in [0.29, 0.717) is 0 Å². The lowest BCUT2D eigenvalue weighted by molar-refractivity contribution is 0.771. The molecule has 0 unspecified atom stereocenters. The van der Waals surface area contributed by atoms with Gasteiger partial charge < -0.3 is 0 Å². The third-order valence-electron chi connectivity index (χ3n) is 0.917. The topological polar surface area (TPSA) is 0 Å². The number of hydrogen-bond donors (Lipinski definition) is 0. The number of hydrogen-bond acceptors (Lipinski definition) is 0. The molecule has 0 fully saturated rings. The van der Waals surface area contributed by atoms with Gasteiger partial charge in [0.15, 0.2) is 5.14 Å². The van der Waals surface area contributed by atoms with Crippen LogP contribution in [0.15, 0.2) is 0 Å². The van der Waals surface area contributed by atoms with E-state index in [-0.39, 0.29) is 0 Å². The fraction of sp³-hybridized carbons (Fsp3) is 1.00. The molecule has 0 spiro atoms. The summed E-state index contributed by atoms with van der Waals surface area (Å²) in [4.78, 5) is 0. The van der Waals surface area contributed by atoms with Crippen molar-refractivity contribution in [2.45, 2.75) is 32.5 Å². The highest BCUT2D eigenvalue weighted by molar-refractivity contribution is 14.1. The number of halogens is 1. The first-order valence-corrected chi connectivity index (χ1v) is 4.08. The maximum absolute atomic E-state index is 2.30. The van der Waals surface area contributed by atoms with Crippen LogP contribution < -0.4 is 0 Å². The summed E-state index contributed by atoms with van der Waals surface area (Å²) < 4.78 is 0. The fourth-order valence-corrected chi connectivity index (χ4v) is 0.912. The second-order valence-electron chi connectivity index (χ2n) is 1.65. The van der Waals surface area contributed by atoms with E-state index in [1.54, 1.807) is 0 Å². The van der Waals surface area contributed by atoms with Gasteiger partial charge in [-0.25, -0.2) is 0 Å². The number of rotatable bonds is 4. The lowest BCUT2D eigenvalue weighted by atomic mass is 9.99. The maximum atomic E-state index is 2.30. The van der Waals surface area contributed by atoms with Crippen molar-refractivity contribution in [3.05, 3.63) is 0 Å². The summed E-state index contributed by atoms with van der Waals surface area (Å²) in [5, 5.41) is 2.20. The predicted molar refractivity (Wildman–Crippen MR) is 44.1 cm³/mol. The molecule has 0 aliphatic carbocycles. The van der Waals surface area contributed by atoms with Crippen LogP contribution in [-0.4, -0.2) is 5.14 Å². The van der Waals surface area contributed by atoms with E-state index in [4.69, 9.17) is 0 Å². The molecular formula is C5H11BI. The van der Waals surface area contributed by atoms with Crippen molar-refractivity contribution in [3.8, 4) is 0 Å². The SMILES string of the molecule is CCCCC[B]I. The lowest BCUT2D eigenvalue weighted by Gasteiger charge is -1.88. The van der Waals surface area contributed by atoms with Gasteiger partial charge in [-0.1, -0.05) is 32.5 Å². The van der Waals surface area contributed by atoms with Crippen LogP contribution in [0.5, 0.6) is 0 Å². The van der Waals surface area contributed by atoms with Gasteiger partial charge in [0.1, 0.15) is 0 Å². The number of unbranched alkanes of at least 4 members (excludes halogenated alkanes) is 2. The molecule has 7 heavy (non-hydrogen) atoms. The molecule has 0 rings (SSSR count). The van der Waals surface area contributed by atoms with E-state index in [1.807, 2.05) is 0 Å². The minimum atomic E-state index is 1.29. The molecule has 0 saturated carbocycles. The van der Waals surface area contributed by atoms with Crippen molar-refractivity contribution in [1.82, 2.24) is 0 Å². The Hall–Kier alpha value is 0.795. The zero-order valence-corrected chi connectivity index (χ0v) is 6.94. The molecule has 0 N–H and O–H groups in total. The fourth-order valence-electron chi connectivity index (χ4n) is 0.471. The third kappa shape index (κ3) is 6.79. The molecule has 41 valence electrons. The molecule has 2 heteroatoms. The Morgan fingerprint density at radius 3 is 2.57 bits per heavy atom. The van der Waals surface area contributed by atoms with Crippen molar-refractivity contribution in [1.29, 1.82) is 0 Å². The van der Waals surface area contributed by atoms with Crippen LogP contribution in [-0.2, 0) is 0 Å². The smallest absolute Gasteiger partial charge is 0.159 e. The maximum Gasteiger partial charge on any atom is 0.200 e. The van der Waals surface area contributed by atoms with Crippen molar-refractivity contribution in [2.24, 2.45) is 0 Å². The first-order chi connectivity index (χ1) is 3.41. The van der Waals surface area contributed by atoms with Crippen LogP contribution in [0.2, 0.25) is 6.32 Å². The van der Waals surface area contributed by atoms with Crippen molar-refractivity contribution < 1.29 is 0 Å². The van der Waals surface area contributed by atoms with Gasteiger partial charge >= 0.3 is 0 Å². The van der Waals surface area contributed by atoms with Crippen LogP contribution in [0, 0.1) is 0 Å². The monoisotopic (exact) mass is 209 g/mol. The zero-order chi connectivity index (χ0) is 5.54. The van der Waals surface area contributed by atoms with Crippen LogP contribution in [0.4, 0.5) is 0 Å². The summed E-state index contributed by atoms with van der Waals surface area (Å²) in [6.07, 6.45) is 5.39. The van der Waals surface area contributed by atoms with Crippen molar-refractivity contribution in [3.63, 3.8) is 0 Å². The average Bonchev–Trinajstić information content (AvgIpc) is 1.69. The van der Waals surface area contributed by atoms with Crippen LogP contribution in [0.3, 0.4) is 0 Å². The molecule has 0 heterocycles. The highest BCUT2D eigenvalue weighted by Gasteiger charge is 1.83. The zero-order valence-electron chi connectivity index (χ0n) is 4.78. The first kappa shape index (κ1) is 7.79.